The van der Waals surface area contributed by atoms with Crippen molar-refractivity contribution in [2.75, 3.05) is 25.0 Å². The summed E-state index contributed by atoms with van der Waals surface area (Å²) in [5.41, 5.74) is 5.81. The zero-order chi connectivity index (χ0) is 24.9. The van der Waals surface area contributed by atoms with Crippen LogP contribution in [0.15, 0.2) is 66.7 Å². The number of carboxylic acid groups (broad SMARTS) is 1. The zero-order valence-corrected chi connectivity index (χ0v) is 19.2. The molecule has 7 nitrogen and oxygen atoms in total. The first-order valence-electron chi connectivity index (χ1n) is 11.1. The third-order valence-electron chi connectivity index (χ3n) is 5.96. The number of aryl methyl sites for hydroxylation is 1. The van der Waals surface area contributed by atoms with Gasteiger partial charge >= 0.3 is 12.1 Å². The molecule has 0 bridgehead atoms. The van der Waals surface area contributed by atoms with Gasteiger partial charge in [-0.2, -0.15) is 0 Å². The van der Waals surface area contributed by atoms with Gasteiger partial charge < -0.3 is 14.7 Å². The predicted octanol–water partition coefficient (Wildman–Crippen LogP) is 4.52. The molecule has 35 heavy (non-hydrogen) atoms. The highest BCUT2D eigenvalue weighted by molar-refractivity contribution is 5.98. The molecule has 0 spiro atoms. The molecule has 3 aromatic rings. The quantitative estimate of drug-likeness (QED) is 0.497. The standard InChI is InChI=1S/C28H24N2O5/c1-3-14-30(16-26(31)32)27(33)19-13-12-18(2)25(15-19)29-28(34)35-17-24-22-10-6-4-8-20(22)21-9-5-7-11-23(21)24/h1,4-13,15,24H,14,16-17H2,2H3,(H,29,34)(H,31,32). The summed E-state index contributed by atoms with van der Waals surface area (Å²) in [6.45, 7) is 1.27. The van der Waals surface area contributed by atoms with E-state index in [4.69, 9.17) is 16.3 Å². The van der Waals surface area contributed by atoms with Gasteiger partial charge in [0.1, 0.15) is 13.2 Å². The van der Waals surface area contributed by atoms with Crippen LogP contribution in [0.25, 0.3) is 11.1 Å². The second-order valence-electron chi connectivity index (χ2n) is 8.24. The summed E-state index contributed by atoms with van der Waals surface area (Å²) in [7, 11) is 0. The van der Waals surface area contributed by atoms with Crippen LogP contribution in [-0.2, 0) is 9.53 Å². The van der Waals surface area contributed by atoms with E-state index in [1.54, 1.807) is 19.1 Å². The second kappa shape index (κ2) is 10.1. The van der Waals surface area contributed by atoms with E-state index in [0.717, 1.165) is 32.7 Å². The monoisotopic (exact) mass is 468 g/mol. The number of aliphatic carboxylic acids is 1. The minimum atomic E-state index is -1.17. The van der Waals surface area contributed by atoms with E-state index < -0.39 is 24.5 Å². The number of hydrogen-bond donors (Lipinski definition) is 2. The van der Waals surface area contributed by atoms with E-state index in [2.05, 4.69) is 23.4 Å². The fourth-order valence-electron chi connectivity index (χ4n) is 4.29. The molecule has 0 atom stereocenters. The highest BCUT2D eigenvalue weighted by Gasteiger charge is 2.29. The number of anilines is 1. The van der Waals surface area contributed by atoms with E-state index >= 15 is 0 Å². The molecule has 176 valence electrons. The Hall–Kier alpha value is -4.57. The number of amides is 2. The molecule has 0 saturated heterocycles. The van der Waals surface area contributed by atoms with Crippen molar-refractivity contribution in [1.82, 2.24) is 4.90 Å². The number of terminal acetylenes is 1. The van der Waals surface area contributed by atoms with Crippen LogP contribution in [0.4, 0.5) is 10.5 Å². The van der Waals surface area contributed by atoms with Crippen LogP contribution in [0, 0.1) is 19.3 Å². The smallest absolute Gasteiger partial charge is 0.411 e. The summed E-state index contributed by atoms with van der Waals surface area (Å²) in [5.74, 6) is 0.508. The number of rotatable bonds is 7. The van der Waals surface area contributed by atoms with E-state index in [-0.39, 0.29) is 24.6 Å². The van der Waals surface area contributed by atoms with Crippen molar-refractivity contribution >= 4 is 23.7 Å². The Balaban J connectivity index is 1.47. The van der Waals surface area contributed by atoms with Crippen molar-refractivity contribution in [3.8, 4) is 23.5 Å². The maximum atomic E-state index is 12.8. The highest BCUT2D eigenvalue weighted by Crippen LogP contribution is 2.44. The largest absolute Gasteiger partial charge is 0.480 e. The fraction of sp³-hybridized carbons (Fsp3) is 0.179. The van der Waals surface area contributed by atoms with Crippen molar-refractivity contribution in [1.29, 1.82) is 0 Å². The number of ether oxygens (including phenoxy) is 1. The molecule has 2 amide bonds. The lowest BCUT2D eigenvalue weighted by molar-refractivity contribution is -0.137. The summed E-state index contributed by atoms with van der Waals surface area (Å²) >= 11 is 0. The van der Waals surface area contributed by atoms with Crippen molar-refractivity contribution in [3.63, 3.8) is 0 Å². The minimum absolute atomic E-state index is 0.0736. The number of hydrogen-bond acceptors (Lipinski definition) is 4. The molecule has 7 heteroatoms. The van der Waals surface area contributed by atoms with Crippen LogP contribution in [-0.4, -0.2) is 47.7 Å². The van der Waals surface area contributed by atoms with Crippen LogP contribution in [0.1, 0.15) is 33.0 Å². The van der Waals surface area contributed by atoms with E-state index in [1.165, 1.54) is 6.07 Å². The molecular weight excluding hydrogens is 444 g/mol. The summed E-state index contributed by atoms with van der Waals surface area (Å²) in [6.07, 6.45) is 4.63. The molecule has 1 aliphatic rings. The van der Waals surface area contributed by atoms with Gasteiger partial charge in [-0.05, 0) is 46.9 Å². The van der Waals surface area contributed by atoms with Gasteiger partial charge in [0.15, 0.2) is 0 Å². The fourth-order valence-corrected chi connectivity index (χ4v) is 4.29. The highest BCUT2D eigenvalue weighted by atomic mass is 16.5. The number of fused-ring (bicyclic) bond motifs is 3. The maximum Gasteiger partial charge on any atom is 0.411 e. The molecule has 4 rings (SSSR count). The Labute approximate surface area is 203 Å². The Bertz CT molecular complexity index is 1300. The SMILES string of the molecule is C#CCN(CC(=O)O)C(=O)c1ccc(C)c(NC(=O)OCC2c3ccccc3-c3ccccc32)c1. The third kappa shape index (κ3) is 5.02. The Morgan fingerprint density at radius 2 is 1.66 bits per heavy atom. The summed E-state index contributed by atoms with van der Waals surface area (Å²) in [6, 6.07) is 20.8. The predicted molar refractivity (Wildman–Crippen MR) is 132 cm³/mol. The average Bonchev–Trinajstić information content (AvgIpc) is 3.17. The lowest BCUT2D eigenvalue weighted by Gasteiger charge is -2.19. The first-order chi connectivity index (χ1) is 16.9. The van der Waals surface area contributed by atoms with Crippen LogP contribution >= 0.6 is 0 Å². The van der Waals surface area contributed by atoms with Gasteiger partial charge in [0.2, 0.25) is 0 Å². The summed E-state index contributed by atoms with van der Waals surface area (Å²) < 4.78 is 5.59. The zero-order valence-electron chi connectivity index (χ0n) is 19.2. The van der Waals surface area contributed by atoms with Gasteiger partial charge in [-0.3, -0.25) is 14.9 Å². The minimum Gasteiger partial charge on any atom is -0.480 e. The van der Waals surface area contributed by atoms with Crippen molar-refractivity contribution in [2.45, 2.75) is 12.8 Å². The molecule has 3 aromatic carbocycles. The Morgan fingerprint density at radius 3 is 2.26 bits per heavy atom. The van der Waals surface area contributed by atoms with Gasteiger partial charge in [-0.25, -0.2) is 4.79 Å². The van der Waals surface area contributed by atoms with Gasteiger partial charge in [-0.1, -0.05) is 60.5 Å². The molecule has 0 saturated carbocycles. The van der Waals surface area contributed by atoms with Gasteiger partial charge in [0.25, 0.3) is 5.91 Å². The lowest BCUT2D eigenvalue weighted by Crippen LogP contribution is -2.36. The Kier molecular flexibility index (Phi) is 6.83. The molecule has 0 heterocycles. The number of carbonyl (C=O) groups excluding carboxylic acids is 2. The first-order valence-corrected chi connectivity index (χ1v) is 11.1. The molecular formula is C28H24N2O5. The normalized spacial score (nSPS) is 11.7. The van der Waals surface area contributed by atoms with Crippen molar-refractivity contribution in [2.24, 2.45) is 0 Å². The van der Waals surface area contributed by atoms with Gasteiger partial charge in [0.05, 0.1) is 6.54 Å². The average molecular weight is 469 g/mol. The molecule has 0 aromatic heterocycles. The number of benzene rings is 3. The Morgan fingerprint density at radius 1 is 1.03 bits per heavy atom. The van der Waals surface area contributed by atoms with E-state index in [0.29, 0.717) is 5.69 Å². The topological polar surface area (TPSA) is 95.9 Å². The summed E-state index contributed by atoms with van der Waals surface area (Å²) in [4.78, 5) is 37.6. The van der Waals surface area contributed by atoms with E-state index in [1.807, 2.05) is 36.4 Å². The van der Waals surface area contributed by atoms with Gasteiger partial charge in [0, 0.05) is 17.2 Å². The first kappa shape index (κ1) is 23.6. The molecule has 0 fully saturated rings. The number of nitrogens with one attached hydrogen (secondary N) is 1. The van der Waals surface area contributed by atoms with Crippen LogP contribution in [0.2, 0.25) is 0 Å². The van der Waals surface area contributed by atoms with Crippen LogP contribution < -0.4 is 5.32 Å². The number of carboxylic acids is 1. The third-order valence-corrected chi connectivity index (χ3v) is 5.96. The lowest BCUT2D eigenvalue weighted by atomic mass is 9.98. The molecule has 0 radical (unpaired) electrons. The molecule has 0 unspecified atom stereocenters. The van der Waals surface area contributed by atoms with Crippen molar-refractivity contribution in [3.05, 3.63) is 89.0 Å². The van der Waals surface area contributed by atoms with Crippen LogP contribution in [0.3, 0.4) is 0 Å². The van der Waals surface area contributed by atoms with Crippen LogP contribution in [0.5, 0.6) is 0 Å². The van der Waals surface area contributed by atoms with E-state index in [9.17, 15) is 14.4 Å². The molecule has 0 aliphatic heterocycles. The molecule has 2 N–H and O–H groups in total. The van der Waals surface area contributed by atoms with Crippen molar-refractivity contribution < 1.29 is 24.2 Å². The maximum absolute atomic E-state index is 12.8. The summed E-state index contributed by atoms with van der Waals surface area (Å²) in [5, 5.41) is 11.8. The number of carbonyl (C=O) groups is 3. The van der Waals surface area contributed by atoms with Gasteiger partial charge in [-0.15, -0.1) is 6.42 Å². The molecule has 1 aliphatic carbocycles. The second-order valence-corrected chi connectivity index (χ2v) is 8.24. The number of nitrogens with zero attached hydrogens (tertiary/aromatic N) is 1.